The number of halogens is 3. The Bertz CT molecular complexity index is 901. The summed E-state index contributed by atoms with van der Waals surface area (Å²) in [6.07, 6.45) is 9.04. The van der Waals surface area contributed by atoms with Crippen LogP contribution < -0.4 is 0 Å². The Labute approximate surface area is 177 Å². The van der Waals surface area contributed by atoms with E-state index in [0.29, 0.717) is 29.9 Å². The molecule has 3 rings (SSSR count). The molecule has 0 spiro atoms. The van der Waals surface area contributed by atoms with Gasteiger partial charge in [0.15, 0.2) is 0 Å². The minimum absolute atomic E-state index is 0.00781. The van der Waals surface area contributed by atoms with Crippen molar-refractivity contribution in [3.05, 3.63) is 71.6 Å². The molecule has 0 heterocycles. The van der Waals surface area contributed by atoms with Crippen LogP contribution in [0.4, 0.5) is 13.2 Å². The zero-order valence-corrected chi connectivity index (χ0v) is 17.4. The van der Waals surface area contributed by atoms with E-state index in [9.17, 15) is 13.2 Å². The molecule has 0 aromatic heterocycles. The van der Waals surface area contributed by atoms with Gasteiger partial charge in [0.25, 0.3) is 5.92 Å². The van der Waals surface area contributed by atoms with E-state index in [-0.39, 0.29) is 12.0 Å². The van der Waals surface area contributed by atoms with Crippen LogP contribution in [0.3, 0.4) is 0 Å². The van der Waals surface area contributed by atoms with E-state index < -0.39 is 17.7 Å². The van der Waals surface area contributed by atoms with E-state index in [1.54, 1.807) is 36.4 Å². The third kappa shape index (κ3) is 5.53. The van der Waals surface area contributed by atoms with Crippen molar-refractivity contribution in [3.63, 3.8) is 0 Å². The van der Waals surface area contributed by atoms with Gasteiger partial charge < -0.3 is 0 Å². The molecule has 30 heavy (non-hydrogen) atoms. The predicted octanol–water partition coefficient (Wildman–Crippen LogP) is 7.70. The van der Waals surface area contributed by atoms with Crippen molar-refractivity contribution in [3.8, 4) is 17.2 Å². The van der Waals surface area contributed by atoms with Crippen LogP contribution >= 0.6 is 0 Å². The van der Waals surface area contributed by atoms with Crippen molar-refractivity contribution in [2.75, 3.05) is 0 Å². The monoisotopic (exact) mass is 411 g/mol. The summed E-state index contributed by atoms with van der Waals surface area (Å²) in [6.45, 7) is 2.01. The fourth-order valence-corrected chi connectivity index (χ4v) is 4.39. The second-order valence-corrected chi connectivity index (χ2v) is 8.31. The molecule has 0 N–H and O–H groups in total. The molecular weight excluding hydrogens is 383 g/mol. The molecule has 1 aliphatic rings. The molecule has 1 nitrogen and oxygen atoms in total. The fraction of sp³-hybridized carbons (Fsp3) is 0.423. The molecule has 0 saturated heterocycles. The highest BCUT2D eigenvalue weighted by atomic mass is 19.3. The summed E-state index contributed by atoms with van der Waals surface area (Å²) in [4.78, 5) is 0. The average molecular weight is 412 g/mol. The molecule has 0 aliphatic heterocycles. The Balaban J connectivity index is 1.59. The Morgan fingerprint density at radius 3 is 2.30 bits per heavy atom. The summed E-state index contributed by atoms with van der Waals surface area (Å²) in [5.74, 6) is -3.27. The van der Waals surface area contributed by atoms with Gasteiger partial charge in [0.1, 0.15) is 11.9 Å². The lowest BCUT2D eigenvalue weighted by atomic mass is 9.76. The third-order valence-electron chi connectivity index (χ3n) is 6.24. The molecular formula is C26H28F3N. The molecule has 158 valence electrons. The maximum atomic E-state index is 14.9. The second-order valence-electron chi connectivity index (χ2n) is 8.31. The minimum atomic E-state index is -2.71. The van der Waals surface area contributed by atoms with E-state index >= 15 is 0 Å². The summed E-state index contributed by atoms with van der Waals surface area (Å²) in [7, 11) is 0. The van der Waals surface area contributed by atoms with Crippen LogP contribution in [-0.2, 0) is 6.42 Å². The van der Waals surface area contributed by atoms with Crippen molar-refractivity contribution in [2.24, 2.45) is 11.8 Å². The Morgan fingerprint density at radius 2 is 1.70 bits per heavy atom. The van der Waals surface area contributed by atoms with Crippen LogP contribution in [0.5, 0.6) is 0 Å². The standard InChI is InChI=1S/C26H28F3N/c1-2-3-4-5-19-8-14-24(15-9-19)26(28,29)17-20-6-10-21(11-7-20)22-12-13-23(18-30)25(27)16-22/h2-3,6-7,10-13,16,19,24H,4-5,8-9,14-15,17H2,1H3. The lowest BCUT2D eigenvalue weighted by Crippen LogP contribution is -2.34. The molecule has 4 heteroatoms. The molecule has 0 radical (unpaired) electrons. The third-order valence-corrected chi connectivity index (χ3v) is 6.24. The highest BCUT2D eigenvalue weighted by molar-refractivity contribution is 5.64. The van der Waals surface area contributed by atoms with Gasteiger partial charge in [-0.1, -0.05) is 42.5 Å². The first-order valence-corrected chi connectivity index (χ1v) is 10.7. The van der Waals surface area contributed by atoms with Gasteiger partial charge in [-0.3, -0.25) is 0 Å². The zero-order chi connectivity index (χ0) is 21.6. The number of nitrogens with zero attached hydrogens (tertiary/aromatic N) is 1. The first kappa shape index (κ1) is 22.2. The highest BCUT2D eigenvalue weighted by Gasteiger charge is 2.41. The fourth-order valence-electron chi connectivity index (χ4n) is 4.39. The molecule has 0 bridgehead atoms. The summed E-state index contributed by atoms with van der Waals surface area (Å²) in [5, 5.41) is 8.83. The zero-order valence-electron chi connectivity index (χ0n) is 17.4. The van der Waals surface area contributed by atoms with E-state index in [1.165, 1.54) is 12.1 Å². The van der Waals surface area contributed by atoms with E-state index in [1.807, 2.05) is 13.0 Å². The Morgan fingerprint density at radius 1 is 1.03 bits per heavy atom. The van der Waals surface area contributed by atoms with Gasteiger partial charge in [-0.05, 0) is 80.2 Å². The molecule has 2 aromatic rings. The van der Waals surface area contributed by atoms with Gasteiger partial charge >= 0.3 is 0 Å². The van der Waals surface area contributed by atoms with Crippen molar-refractivity contribution < 1.29 is 13.2 Å². The van der Waals surface area contributed by atoms with Crippen molar-refractivity contribution >= 4 is 0 Å². The topological polar surface area (TPSA) is 23.8 Å². The van der Waals surface area contributed by atoms with Gasteiger partial charge in [0.2, 0.25) is 0 Å². The lowest BCUT2D eigenvalue weighted by molar-refractivity contribution is -0.0745. The van der Waals surface area contributed by atoms with Crippen molar-refractivity contribution in [1.82, 2.24) is 0 Å². The van der Waals surface area contributed by atoms with Gasteiger partial charge in [0, 0.05) is 12.3 Å². The number of benzene rings is 2. The average Bonchev–Trinajstić information content (AvgIpc) is 2.74. The Kier molecular flexibility index (Phi) is 7.37. The number of alkyl halides is 2. The van der Waals surface area contributed by atoms with Crippen LogP contribution in [0.1, 0.15) is 56.6 Å². The minimum Gasteiger partial charge on any atom is -0.206 e. The number of hydrogen-bond acceptors (Lipinski definition) is 1. The van der Waals surface area contributed by atoms with Gasteiger partial charge in [0.05, 0.1) is 5.56 Å². The van der Waals surface area contributed by atoms with Crippen molar-refractivity contribution in [1.29, 1.82) is 5.26 Å². The Hall–Kier alpha value is -2.54. The number of allylic oxidation sites excluding steroid dienone is 2. The molecule has 0 atom stereocenters. The number of rotatable bonds is 7. The normalized spacial score (nSPS) is 19.7. The molecule has 1 aliphatic carbocycles. The molecule has 0 unspecified atom stereocenters. The lowest BCUT2D eigenvalue weighted by Gasteiger charge is -2.33. The molecule has 1 fully saturated rings. The van der Waals surface area contributed by atoms with Crippen LogP contribution in [0, 0.1) is 29.0 Å². The summed E-state index contributed by atoms with van der Waals surface area (Å²) < 4.78 is 43.6. The SMILES string of the molecule is CC=CCCC1CCC(C(F)(F)Cc2ccc(-c3ccc(C#N)c(F)c3)cc2)CC1. The van der Waals surface area contributed by atoms with E-state index in [4.69, 9.17) is 5.26 Å². The van der Waals surface area contributed by atoms with Crippen LogP contribution in [0.25, 0.3) is 11.1 Å². The molecule has 1 saturated carbocycles. The van der Waals surface area contributed by atoms with Gasteiger partial charge in [-0.15, -0.1) is 0 Å². The first-order valence-electron chi connectivity index (χ1n) is 10.7. The number of nitriles is 1. The smallest absolute Gasteiger partial charge is 0.206 e. The first-order chi connectivity index (χ1) is 14.4. The largest absolute Gasteiger partial charge is 0.254 e. The second kappa shape index (κ2) is 9.98. The van der Waals surface area contributed by atoms with Crippen LogP contribution in [0.15, 0.2) is 54.6 Å². The van der Waals surface area contributed by atoms with Crippen LogP contribution in [0.2, 0.25) is 0 Å². The van der Waals surface area contributed by atoms with Gasteiger partial charge in [-0.25, -0.2) is 13.2 Å². The maximum Gasteiger partial charge on any atom is 0.254 e. The summed E-state index contributed by atoms with van der Waals surface area (Å²) in [6, 6.07) is 13.1. The van der Waals surface area contributed by atoms with E-state index in [2.05, 4.69) is 6.08 Å². The molecule has 2 aromatic carbocycles. The predicted molar refractivity (Wildman–Crippen MR) is 115 cm³/mol. The quantitative estimate of drug-likeness (QED) is 0.428. The maximum absolute atomic E-state index is 14.9. The summed E-state index contributed by atoms with van der Waals surface area (Å²) >= 11 is 0. The number of hydrogen-bond donors (Lipinski definition) is 0. The molecule has 0 amide bonds. The van der Waals surface area contributed by atoms with Crippen LogP contribution in [-0.4, -0.2) is 5.92 Å². The van der Waals surface area contributed by atoms with Crippen molar-refractivity contribution in [2.45, 2.75) is 57.8 Å². The highest BCUT2D eigenvalue weighted by Crippen LogP contribution is 2.41. The van der Waals surface area contributed by atoms with Gasteiger partial charge in [-0.2, -0.15) is 5.26 Å². The van der Waals surface area contributed by atoms with E-state index in [0.717, 1.165) is 31.2 Å². The summed E-state index contributed by atoms with van der Waals surface area (Å²) in [5.41, 5.74) is 1.95.